The van der Waals surface area contributed by atoms with Gasteiger partial charge in [0, 0.05) is 25.0 Å². The molecule has 0 saturated carbocycles. The molecule has 3 heterocycles. The molecule has 1 saturated heterocycles. The summed E-state index contributed by atoms with van der Waals surface area (Å²) in [5, 5.41) is 8.89. The number of likely N-dealkylation sites (tertiary alicyclic amines) is 1. The Kier molecular flexibility index (Phi) is 3.58. The zero-order valence-electron chi connectivity index (χ0n) is 12.3. The Bertz CT molecular complexity index is 431. The Balaban J connectivity index is 1.71. The standard InChI is InChI=1S/C14H25N5/c1-11(2)18-6-4-12(5-7-18)14-16-15-13-10-17(3)8-9-19(13)14/h11-12H,4-10H2,1-3H3. The lowest BCUT2D eigenvalue weighted by Crippen LogP contribution is -2.39. The lowest BCUT2D eigenvalue weighted by atomic mass is 9.95. The van der Waals surface area contributed by atoms with Gasteiger partial charge < -0.3 is 9.47 Å². The molecule has 0 atom stereocenters. The molecule has 19 heavy (non-hydrogen) atoms. The van der Waals surface area contributed by atoms with Gasteiger partial charge in [0.2, 0.25) is 0 Å². The predicted octanol–water partition coefficient (Wildman–Crippen LogP) is 1.31. The number of aromatic nitrogens is 3. The maximum absolute atomic E-state index is 4.49. The van der Waals surface area contributed by atoms with E-state index in [4.69, 9.17) is 0 Å². The molecule has 1 aromatic heterocycles. The molecule has 0 aliphatic carbocycles. The summed E-state index contributed by atoms with van der Waals surface area (Å²) in [7, 11) is 2.15. The maximum Gasteiger partial charge on any atom is 0.147 e. The van der Waals surface area contributed by atoms with E-state index < -0.39 is 0 Å². The molecule has 5 heteroatoms. The first-order valence-corrected chi connectivity index (χ1v) is 7.49. The van der Waals surface area contributed by atoms with E-state index in [1.807, 2.05) is 0 Å². The summed E-state index contributed by atoms with van der Waals surface area (Å²) in [4.78, 5) is 4.88. The molecule has 0 unspecified atom stereocenters. The summed E-state index contributed by atoms with van der Waals surface area (Å²) < 4.78 is 2.37. The topological polar surface area (TPSA) is 37.2 Å². The summed E-state index contributed by atoms with van der Waals surface area (Å²) >= 11 is 0. The van der Waals surface area contributed by atoms with Crippen molar-refractivity contribution in [2.75, 3.05) is 26.7 Å². The van der Waals surface area contributed by atoms with Crippen LogP contribution in [0.1, 0.15) is 44.3 Å². The average molecular weight is 263 g/mol. The highest BCUT2D eigenvalue weighted by atomic mass is 15.3. The third kappa shape index (κ3) is 2.54. The molecular formula is C14H25N5. The van der Waals surface area contributed by atoms with Crippen molar-refractivity contribution in [2.24, 2.45) is 0 Å². The Hall–Kier alpha value is -0.940. The van der Waals surface area contributed by atoms with Gasteiger partial charge in [-0.3, -0.25) is 4.90 Å². The highest BCUT2D eigenvalue weighted by Gasteiger charge is 2.28. The van der Waals surface area contributed by atoms with Crippen molar-refractivity contribution in [1.82, 2.24) is 24.6 Å². The van der Waals surface area contributed by atoms with Crippen LogP contribution in [0.5, 0.6) is 0 Å². The molecule has 0 spiro atoms. The summed E-state index contributed by atoms with van der Waals surface area (Å²) in [5.41, 5.74) is 0. The fraction of sp³-hybridized carbons (Fsp3) is 0.857. The van der Waals surface area contributed by atoms with E-state index in [2.05, 4.69) is 45.5 Å². The van der Waals surface area contributed by atoms with Gasteiger partial charge in [-0.1, -0.05) is 0 Å². The van der Waals surface area contributed by atoms with E-state index in [1.165, 1.54) is 31.8 Å². The average Bonchev–Trinajstić information content (AvgIpc) is 2.81. The SMILES string of the molecule is CC(C)N1CCC(c2nnc3n2CCN(C)C3)CC1. The lowest BCUT2D eigenvalue weighted by Gasteiger charge is -2.34. The quantitative estimate of drug-likeness (QED) is 0.806. The second-order valence-corrected chi connectivity index (χ2v) is 6.27. The molecule has 5 nitrogen and oxygen atoms in total. The number of piperidine rings is 1. The summed E-state index contributed by atoms with van der Waals surface area (Å²) in [6.45, 7) is 10.1. The van der Waals surface area contributed by atoms with E-state index in [0.717, 1.165) is 25.5 Å². The van der Waals surface area contributed by atoms with Gasteiger partial charge in [0.25, 0.3) is 0 Å². The second kappa shape index (κ2) is 5.21. The monoisotopic (exact) mass is 263 g/mol. The molecule has 0 N–H and O–H groups in total. The minimum atomic E-state index is 0.611. The minimum Gasteiger partial charge on any atom is -0.312 e. The number of hydrogen-bond acceptors (Lipinski definition) is 4. The first kappa shape index (κ1) is 13.1. The Morgan fingerprint density at radius 1 is 1.05 bits per heavy atom. The van der Waals surface area contributed by atoms with Crippen LogP contribution >= 0.6 is 0 Å². The van der Waals surface area contributed by atoms with Gasteiger partial charge >= 0.3 is 0 Å². The van der Waals surface area contributed by atoms with Crippen molar-refractivity contribution < 1.29 is 0 Å². The molecular weight excluding hydrogens is 238 g/mol. The molecule has 0 amide bonds. The number of hydrogen-bond donors (Lipinski definition) is 0. The molecule has 0 radical (unpaired) electrons. The highest BCUT2D eigenvalue weighted by molar-refractivity contribution is 5.05. The first-order valence-electron chi connectivity index (χ1n) is 7.49. The summed E-state index contributed by atoms with van der Waals surface area (Å²) in [6.07, 6.45) is 2.46. The van der Waals surface area contributed by atoms with Gasteiger partial charge in [0.05, 0.1) is 6.54 Å². The molecule has 0 bridgehead atoms. The molecule has 106 valence electrons. The van der Waals surface area contributed by atoms with Crippen LogP contribution in [0.25, 0.3) is 0 Å². The van der Waals surface area contributed by atoms with Gasteiger partial charge in [-0.15, -0.1) is 10.2 Å². The fourth-order valence-corrected chi connectivity index (χ4v) is 3.28. The predicted molar refractivity (Wildman–Crippen MR) is 75.0 cm³/mol. The molecule has 0 aromatic carbocycles. The van der Waals surface area contributed by atoms with Crippen LogP contribution in [0.3, 0.4) is 0 Å². The second-order valence-electron chi connectivity index (χ2n) is 6.27. The highest BCUT2D eigenvalue weighted by Crippen LogP contribution is 2.28. The Labute approximate surface area is 115 Å². The molecule has 2 aliphatic rings. The van der Waals surface area contributed by atoms with E-state index in [0.29, 0.717) is 12.0 Å². The number of rotatable bonds is 2. The number of likely N-dealkylation sites (N-methyl/N-ethyl adjacent to an activating group) is 1. The normalized spacial score (nSPS) is 22.9. The Morgan fingerprint density at radius 3 is 2.47 bits per heavy atom. The summed E-state index contributed by atoms with van der Waals surface area (Å²) in [5.74, 6) is 3.00. The van der Waals surface area contributed by atoms with Crippen molar-refractivity contribution in [3.63, 3.8) is 0 Å². The summed E-state index contributed by atoms with van der Waals surface area (Å²) in [6, 6.07) is 0.668. The van der Waals surface area contributed by atoms with Crippen LogP contribution in [0.2, 0.25) is 0 Å². The van der Waals surface area contributed by atoms with Gasteiger partial charge in [-0.25, -0.2) is 0 Å². The van der Waals surface area contributed by atoms with Crippen LogP contribution in [-0.4, -0.2) is 57.3 Å². The number of fused-ring (bicyclic) bond motifs is 1. The van der Waals surface area contributed by atoms with Crippen molar-refractivity contribution >= 4 is 0 Å². The molecule has 1 aromatic rings. The molecule has 1 fully saturated rings. The van der Waals surface area contributed by atoms with E-state index in [9.17, 15) is 0 Å². The van der Waals surface area contributed by atoms with Crippen LogP contribution < -0.4 is 0 Å². The van der Waals surface area contributed by atoms with E-state index >= 15 is 0 Å². The van der Waals surface area contributed by atoms with Crippen LogP contribution in [0.4, 0.5) is 0 Å². The first-order chi connectivity index (χ1) is 9.15. The third-order valence-electron chi connectivity index (χ3n) is 4.60. The van der Waals surface area contributed by atoms with Gasteiger partial charge in [0.15, 0.2) is 0 Å². The zero-order chi connectivity index (χ0) is 13.4. The smallest absolute Gasteiger partial charge is 0.147 e. The van der Waals surface area contributed by atoms with Crippen molar-refractivity contribution in [2.45, 2.75) is 51.7 Å². The number of nitrogens with zero attached hydrogens (tertiary/aromatic N) is 5. The minimum absolute atomic E-state index is 0.611. The Morgan fingerprint density at radius 2 is 1.79 bits per heavy atom. The maximum atomic E-state index is 4.49. The van der Waals surface area contributed by atoms with E-state index in [1.54, 1.807) is 0 Å². The van der Waals surface area contributed by atoms with Crippen molar-refractivity contribution in [3.8, 4) is 0 Å². The van der Waals surface area contributed by atoms with Crippen LogP contribution in [0, 0.1) is 0 Å². The molecule has 2 aliphatic heterocycles. The lowest BCUT2D eigenvalue weighted by molar-refractivity contribution is 0.167. The van der Waals surface area contributed by atoms with Gasteiger partial charge in [-0.05, 0) is 46.8 Å². The van der Waals surface area contributed by atoms with Crippen LogP contribution in [-0.2, 0) is 13.1 Å². The zero-order valence-corrected chi connectivity index (χ0v) is 12.3. The van der Waals surface area contributed by atoms with Crippen LogP contribution in [0.15, 0.2) is 0 Å². The third-order valence-corrected chi connectivity index (χ3v) is 4.60. The molecule has 3 rings (SSSR count). The van der Waals surface area contributed by atoms with Crippen molar-refractivity contribution in [1.29, 1.82) is 0 Å². The van der Waals surface area contributed by atoms with E-state index in [-0.39, 0.29) is 0 Å². The van der Waals surface area contributed by atoms with Gasteiger partial charge in [-0.2, -0.15) is 0 Å². The fourth-order valence-electron chi connectivity index (χ4n) is 3.28. The van der Waals surface area contributed by atoms with Gasteiger partial charge in [0.1, 0.15) is 11.6 Å². The van der Waals surface area contributed by atoms with Crippen molar-refractivity contribution in [3.05, 3.63) is 11.6 Å². The largest absolute Gasteiger partial charge is 0.312 e.